The molecule has 0 spiro atoms. The van der Waals surface area contributed by atoms with Crippen molar-refractivity contribution < 1.29 is 18.4 Å². The summed E-state index contributed by atoms with van der Waals surface area (Å²) >= 11 is 0. The minimum absolute atomic E-state index is 0.446. The van der Waals surface area contributed by atoms with E-state index in [4.69, 9.17) is 14.2 Å². The lowest BCUT2D eigenvalue weighted by molar-refractivity contribution is 0.165. The summed E-state index contributed by atoms with van der Waals surface area (Å²) in [6.45, 7) is 1.88. The smallest absolute Gasteiger partial charge is 0.203 e. The van der Waals surface area contributed by atoms with E-state index in [1.807, 2.05) is 12.1 Å². The SMILES string of the molecule is COc1cc(CNC2CCS(=O)CC2)cc2c1OCCO2. The van der Waals surface area contributed by atoms with Gasteiger partial charge in [-0.15, -0.1) is 0 Å². The van der Waals surface area contributed by atoms with Gasteiger partial charge in [-0.3, -0.25) is 4.21 Å². The van der Waals surface area contributed by atoms with E-state index in [0.29, 0.717) is 30.8 Å². The molecule has 1 fully saturated rings. The van der Waals surface area contributed by atoms with Gasteiger partial charge in [-0.05, 0) is 30.5 Å². The molecular formula is C15H21NO4S. The highest BCUT2D eigenvalue weighted by atomic mass is 32.2. The Morgan fingerprint density at radius 1 is 1.29 bits per heavy atom. The number of methoxy groups -OCH3 is 1. The van der Waals surface area contributed by atoms with E-state index in [-0.39, 0.29) is 0 Å². The van der Waals surface area contributed by atoms with Crippen LogP contribution in [0.25, 0.3) is 0 Å². The highest BCUT2D eigenvalue weighted by molar-refractivity contribution is 7.85. The summed E-state index contributed by atoms with van der Waals surface area (Å²) in [5.41, 5.74) is 1.11. The number of hydrogen-bond acceptors (Lipinski definition) is 5. The van der Waals surface area contributed by atoms with Gasteiger partial charge in [0, 0.05) is 34.9 Å². The van der Waals surface area contributed by atoms with Crippen LogP contribution in [0.4, 0.5) is 0 Å². The lowest BCUT2D eigenvalue weighted by Crippen LogP contribution is -2.35. The number of ether oxygens (including phenoxy) is 3. The second kappa shape index (κ2) is 6.66. The maximum atomic E-state index is 11.4. The molecule has 0 aliphatic carbocycles. The van der Waals surface area contributed by atoms with Gasteiger partial charge in [-0.25, -0.2) is 0 Å². The number of rotatable bonds is 4. The molecule has 0 bridgehead atoms. The van der Waals surface area contributed by atoms with E-state index in [9.17, 15) is 4.21 Å². The van der Waals surface area contributed by atoms with Crippen LogP contribution in [0.5, 0.6) is 17.2 Å². The summed E-state index contributed by atoms with van der Waals surface area (Å²) in [6.07, 6.45) is 1.96. The van der Waals surface area contributed by atoms with Crippen LogP contribution in [0.1, 0.15) is 18.4 Å². The van der Waals surface area contributed by atoms with Crippen LogP contribution in [0.3, 0.4) is 0 Å². The second-order valence-electron chi connectivity index (χ2n) is 5.33. The third-order valence-electron chi connectivity index (χ3n) is 3.87. The fraction of sp³-hybridized carbons (Fsp3) is 0.600. The Morgan fingerprint density at radius 2 is 2.05 bits per heavy atom. The van der Waals surface area contributed by atoms with Gasteiger partial charge in [0.2, 0.25) is 5.75 Å². The minimum atomic E-state index is -0.612. The fourth-order valence-electron chi connectivity index (χ4n) is 2.69. The van der Waals surface area contributed by atoms with Crippen molar-refractivity contribution >= 4 is 10.8 Å². The molecule has 1 saturated heterocycles. The van der Waals surface area contributed by atoms with Crippen molar-refractivity contribution in [2.75, 3.05) is 31.8 Å². The van der Waals surface area contributed by atoms with Crippen LogP contribution in [0.2, 0.25) is 0 Å². The van der Waals surface area contributed by atoms with Gasteiger partial charge in [0.1, 0.15) is 13.2 Å². The lowest BCUT2D eigenvalue weighted by Gasteiger charge is -2.24. The van der Waals surface area contributed by atoms with Crippen LogP contribution in [-0.2, 0) is 17.3 Å². The molecular weight excluding hydrogens is 290 g/mol. The number of nitrogens with one attached hydrogen (secondary N) is 1. The molecule has 0 amide bonds. The van der Waals surface area contributed by atoms with E-state index >= 15 is 0 Å². The molecule has 6 heteroatoms. The quantitative estimate of drug-likeness (QED) is 0.912. The van der Waals surface area contributed by atoms with Crippen LogP contribution >= 0.6 is 0 Å². The largest absolute Gasteiger partial charge is 0.493 e. The normalized spacial score (nSPS) is 24.6. The molecule has 0 unspecified atom stereocenters. The van der Waals surface area contributed by atoms with Gasteiger partial charge in [0.25, 0.3) is 0 Å². The Kier molecular flexibility index (Phi) is 4.65. The van der Waals surface area contributed by atoms with Gasteiger partial charge >= 0.3 is 0 Å². The molecule has 116 valence electrons. The highest BCUT2D eigenvalue weighted by Crippen LogP contribution is 2.40. The number of hydrogen-bond donors (Lipinski definition) is 1. The fourth-order valence-corrected chi connectivity index (χ4v) is 3.99. The van der Waals surface area contributed by atoms with Gasteiger partial charge in [-0.1, -0.05) is 0 Å². The van der Waals surface area contributed by atoms with Crippen molar-refractivity contribution in [2.24, 2.45) is 0 Å². The molecule has 1 aromatic carbocycles. The molecule has 0 saturated carbocycles. The van der Waals surface area contributed by atoms with Gasteiger partial charge in [0.05, 0.1) is 7.11 Å². The zero-order chi connectivity index (χ0) is 14.7. The van der Waals surface area contributed by atoms with Crippen LogP contribution in [-0.4, -0.2) is 42.1 Å². The zero-order valence-corrected chi connectivity index (χ0v) is 13.0. The van der Waals surface area contributed by atoms with Crippen LogP contribution in [0, 0.1) is 0 Å². The molecule has 0 atom stereocenters. The Labute approximate surface area is 127 Å². The molecule has 2 heterocycles. The summed E-state index contributed by atoms with van der Waals surface area (Å²) in [7, 11) is 1.03. The van der Waals surface area contributed by atoms with Crippen molar-refractivity contribution in [1.29, 1.82) is 0 Å². The molecule has 1 N–H and O–H groups in total. The predicted octanol–water partition coefficient (Wildman–Crippen LogP) is 1.47. The third kappa shape index (κ3) is 3.49. The second-order valence-corrected chi connectivity index (χ2v) is 7.02. The average Bonchev–Trinajstić information content (AvgIpc) is 2.53. The topological polar surface area (TPSA) is 56.8 Å². The maximum Gasteiger partial charge on any atom is 0.203 e. The van der Waals surface area contributed by atoms with E-state index < -0.39 is 10.8 Å². The molecule has 5 nitrogen and oxygen atoms in total. The Bertz CT molecular complexity index is 507. The van der Waals surface area contributed by atoms with Crippen LogP contribution in [0.15, 0.2) is 12.1 Å². The van der Waals surface area contributed by atoms with E-state index in [2.05, 4.69) is 5.32 Å². The summed E-state index contributed by atoms with van der Waals surface area (Å²) in [5, 5.41) is 3.53. The molecule has 2 aliphatic rings. The number of benzene rings is 1. The monoisotopic (exact) mass is 311 g/mol. The first-order chi connectivity index (χ1) is 10.3. The summed E-state index contributed by atoms with van der Waals surface area (Å²) in [6, 6.07) is 4.44. The molecule has 0 aromatic heterocycles. The van der Waals surface area contributed by atoms with Gasteiger partial charge in [-0.2, -0.15) is 0 Å². The lowest BCUT2D eigenvalue weighted by atomic mass is 10.1. The van der Waals surface area contributed by atoms with E-state index in [1.54, 1.807) is 7.11 Å². The predicted molar refractivity (Wildman–Crippen MR) is 81.7 cm³/mol. The van der Waals surface area contributed by atoms with Crippen molar-refractivity contribution in [3.63, 3.8) is 0 Å². The Hall–Kier alpha value is -1.27. The molecule has 21 heavy (non-hydrogen) atoms. The highest BCUT2D eigenvalue weighted by Gasteiger charge is 2.20. The van der Waals surface area contributed by atoms with Crippen molar-refractivity contribution in [3.8, 4) is 17.2 Å². The zero-order valence-electron chi connectivity index (χ0n) is 12.2. The average molecular weight is 311 g/mol. The molecule has 0 radical (unpaired) electrons. The van der Waals surface area contributed by atoms with Gasteiger partial charge in [0.15, 0.2) is 11.5 Å². The van der Waals surface area contributed by atoms with Gasteiger partial charge < -0.3 is 19.5 Å². The maximum absolute atomic E-state index is 11.4. The summed E-state index contributed by atoms with van der Waals surface area (Å²) in [4.78, 5) is 0. The Balaban J connectivity index is 1.66. The van der Waals surface area contributed by atoms with Crippen molar-refractivity contribution in [1.82, 2.24) is 5.32 Å². The number of fused-ring (bicyclic) bond motifs is 1. The molecule has 3 rings (SSSR count). The van der Waals surface area contributed by atoms with Crippen molar-refractivity contribution in [2.45, 2.75) is 25.4 Å². The van der Waals surface area contributed by atoms with Crippen molar-refractivity contribution in [3.05, 3.63) is 17.7 Å². The first-order valence-electron chi connectivity index (χ1n) is 7.31. The first-order valence-corrected chi connectivity index (χ1v) is 8.80. The Morgan fingerprint density at radius 3 is 2.81 bits per heavy atom. The van der Waals surface area contributed by atoms with Crippen LogP contribution < -0.4 is 19.5 Å². The minimum Gasteiger partial charge on any atom is -0.493 e. The molecule has 2 aliphatic heterocycles. The van der Waals surface area contributed by atoms with E-state index in [1.165, 1.54) is 0 Å². The summed E-state index contributed by atoms with van der Waals surface area (Å²) in [5.74, 6) is 3.78. The third-order valence-corrected chi connectivity index (χ3v) is 5.25. The van der Waals surface area contributed by atoms with E-state index in [0.717, 1.165) is 42.2 Å². The first kappa shape index (κ1) is 14.7. The summed E-state index contributed by atoms with van der Waals surface area (Å²) < 4.78 is 28.0. The molecule has 1 aromatic rings. The standard InChI is InChI=1S/C15H21NO4S/c1-18-13-8-11(9-14-15(13)20-5-4-19-14)10-16-12-2-6-21(17)7-3-12/h8-9,12,16H,2-7,10H2,1H3.